The molecule has 4 atom stereocenters. The Morgan fingerprint density at radius 1 is 1.25 bits per heavy atom. The van der Waals surface area contributed by atoms with Gasteiger partial charge >= 0.3 is 0 Å². The molecule has 1 heteroatoms. The second kappa shape index (κ2) is 2.47. The van der Waals surface area contributed by atoms with Crippen LogP contribution in [0.1, 0.15) is 33.6 Å². The van der Waals surface area contributed by atoms with E-state index in [0.29, 0.717) is 11.5 Å². The van der Waals surface area contributed by atoms with Crippen LogP contribution in [-0.4, -0.2) is 13.2 Å². The highest BCUT2D eigenvalue weighted by molar-refractivity contribution is 5.05. The summed E-state index contributed by atoms with van der Waals surface area (Å²) in [6.07, 6.45) is 3.29. The molecule has 0 aromatic carbocycles. The van der Waals surface area contributed by atoms with E-state index < -0.39 is 0 Å². The molecule has 3 rings (SSSR count). The van der Waals surface area contributed by atoms with Crippen LogP contribution in [0.5, 0.6) is 0 Å². The summed E-state index contributed by atoms with van der Waals surface area (Å²) in [6.45, 7) is 7.21. The van der Waals surface area contributed by atoms with E-state index in [1.165, 1.54) is 12.8 Å². The van der Waals surface area contributed by atoms with Crippen LogP contribution in [-0.2, 0) is 4.74 Å². The molecule has 1 nitrogen and oxygen atoms in total. The lowest BCUT2D eigenvalue weighted by Gasteiger charge is -2.61. The molecule has 0 heterocycles. The monoisotopic (exact) mass is 168 g/mol. The van der Waals surface area contributed by atoms with E-state index in [2.05, 4.69) is 20.8 Å². The molecular formula is C11H20O. The van der Waals surface area contributed by atoms with E-state index in [1.54, 1.807) is 0 Å². The van der Waals surface area contributed by atoms with Gasteiger partial charge in [-0.25, -0.2) is 0 Å². The zero-order chi connectivity index (χ0) is 8.93. The number of ether oxygens (including phenoxy) is 1. The predicted molar refractivity (Wildman–Crippen MR) is 50.0 cm³/mol. The maximum Gasteiger partial charge on any atom is 0.0602 e. The summed E-state index contributed by atoms with van der Waals surface area (Å²) in [5.41, 5.74) is 0.606. The van der Waals surface area contributed by atoms with E-state index >= 15 is 0 Å². The summed E-state index contributed by atoms with van der Waals surface area (Å²) < 4.78 is 5.50. The van der Waals surface area contributed by atoms with Gasteiger partial charge in [-0.2, -0.15) is 0 Å². The van der Waals surface area contributed by atoms with Gasteiger partial charge in [-0.15, -0.1) is 0 Å². The second-order valence-corrected chi connectivity index (χ2v) is 5.23. The van der Waals surface area contributed by atoms with Crippen molar-refractivity contribution in [3.05, 3.63) is 0 Å². The maximum absolute atomic E-state index is 5.50. The standard InChI is InChI=1S/C11H20O/c1-7-9-5-8(11(9,2)3)6-10(7)12-4/h7-10H,5-6H2,1-4H3/t7-,8?,9-,10-/m1/s1. The van der Waals surface area contributed by atoms with Crippen LogP contribution in [0, 0.1) is 23.2 Å². The minimum absolute atomic E-state index is 0.543. The Hall–Kier alpha value is -0.0400. The van der Waals surface area contributed by atoms with Crippen LogP contribution in [0.3, 0.4) is 0 Å². The lowest BCUT2D eigenvalue weighted by molar-refractivity contribution is -0.163. The molecule has 0 aliphatic heterocycles. The number of fused-ring (bicyclic) bond motifs is 2. The normalized spacial score (nSPS) is 50.0. The summed E-state index contributed by atoms with van der Waals surface area (Å²) >= 11 is 0. The van der Waals surface area contributed by atoms with Crippen molar-refractivity contribution in [3.8, 4) is 0 Å². The summed E-state index contributed by atoms with van der Waals surface area (Å²) in [5.74, 6) is 2.62. The molecule has 0 saturated heterocycles. The SMILES string of the molecule is CO[C@@H]1CC2C[C@H]([C@H]1C)C2(C)C. The molecule has 0 amide bonds. The Labute approximate surface area is 75.5 Å². The molecule has 3 aliphatic carbocycles. The number of hydrogen-bond donors (Lipinski definition) is 0. The average Bonchev–Trinajstić information content (AvgIpc) is 2.03. The Balaban J connectivity index is 2.11. The van der Waals surface area contributed by atoms with Gasteiger partial charge in [-0.05, 0) is 36.0 Å². The van der Waals surface area contributed by atoms with Gasteiger partial charge in [0, 0.05) is 7.11 Å². The highest BCUT2D eigenvalue weighted by Crippen LogP contribution is 2.61. The second-order valence-electron chi connectivity index (χ2n) is 5.23. The Morgan fingerprint density at radius 3 is 2.33 bits per heavy atom. The third-order valence-corrected chi connectivity index (χ3v) is 4.59. The minimum Gasteiger partial charge on any atom is -0.381 e. The molecule has 3 aliphatic rings. The number of hydrogen-bond acceptors (Lipinski definition) is 1. The van der Waals surface area contributed by atoms with Gasteiger partial charge in [0.15, 0.2) is 0 Å². The van der Waals surface area contributed by atoms with Crippen LogP contribution in [0.4, 0.5) is 0 Å². The van der Waals surface area contributed by atoms with Crippen molar-refractivity contribution >= 4 is 0 Å². The summed E-state index contributed by atoms with van der Waals surface area (Å²) in [5, 5.41) is 0. The van der Waals surface area contributed by atoms with Crippen molar-refractivity contribution in [2.75, 3.05) is 7.11 Å². The van der Waals surface area contributed by atoms with Gasteiger partial charge in [0.05, 0.1) is 6.10 Å². The lowest BCUT2D eigenvalue weighted by atomic mass is 9.45. The van der Waals surface area contributed by atoms with Crippen LogP contribution in [0.2, 0.25) is 0 Å². The fourth-order valence-corrected chi connectivity index (χ4v) is 3.41. The number of rotatable bonds is 1. The number of methoxy groups -OCH3 is 1. The summed E-state index contributed by atoms with van der Waals surface area (Å²) in [4.78, 5) is 0. The van der Waals surface area contributed by atoms with E-state index in [1.807, 2.05) is 7.11 Å². The van der Waals surface area contributed by atoms with Crippen molar-refractivity contribution in [2.45, 2.75) is 39.7 Å². The van der Waals surface area contributed by atoms with Crippen molar-refractivity contribution in [2.24, 2.45) is 23.2 Å². The van der Waals surface area contributed by atoms with E-state index in [-0.39, 0.29) is 0 Å². The largest absolute Gasteiger partial charge is 0.381 e. The Kier molecular flexibility index (Phi) is 1.76. The molecule has 0 aromatic heterocycles. The molecule has 2 bridgehead atoms. The van der Waals surface area contributed by atoms with Gasteiger partial charge in [-0.1, -0.05) is 20.8 Å². The Morgan fingerprint density at radius 2 is 1.92 bits per heavy atom. The molecule has 3 fully saturated rings. The first-order valence-electron chi connectivity index (χ1n) is 5.10. The van der Waals surface area contributed by atoms with Crippen LogP contribution in [0.25, 0.3) is 0 Å². The fraction of sp³-hybridized carbons (Fsp3) is 1.00. The van der Waals surface area contributed by atoms with Crippen molar-refractivity contribution < 1.29 is 4.74 Å². The maximum atomic E-state index is 5.50. The molecule has 1 unspecified atom stereocenters. The van der Waals surface area contributed by atoms with Gasteiger partial charge in [0.1, 0.15) is 0 Å². The summed E-state index contributed by atoms with van der Waals surface area (Å²) in [7, 11) is 1.86. The first kappa shape index (κ1) is 8.55. The molecule has 12 heavy (non-hydrogen) atoms. The quantitative estimate of drug-likeness (QED) is 0.585. The van der Waals surface area contributed by atoms with Crippen molar-refractivity contribution in [1.29, 1.82) is 0 Å². The van der Waals surface area contributed by atoms with E-state index in [4.69, 9.17) is 4.74 Å². The first-order chi connectivity index (χ1) is 5.57. The van der Waals surface area contributed by atoms with Crippen LogP contribution in [0.15, 0.2) is 0 Å². The van der Waals surface area contributed by atoms with E-state index in [9.17, 15) is 0 Å². The van der Waals surface area contributed by atoms with Gasteiger partial charge < -0.3 is 4.74 Å². The third kappa shape index (κ3) is 0.891. The molecule has 3 saturated carbocycles. The third-order valence-electron chi connectivity index (χ3n) is 4.59. The van der Waals surface area contributed by atoms with E-state index in [0.717, 1.165) is 17.8 Å². The van der Waals surface area contributed by atoms with Crippen LogP contribution < -0.4 is 0 Å². The minimum atomic E-state index is 0.543. The van der Waals surface area contributed by atoms with Crippen molar-refractivity contribution in [1.82, 2.24) is 0 Å². The molecule has 0 N–H and O–H groups in total. The molecule has 0 aromatic rings. The Bertz CT molecular complexity index is 185. The first-order valence-corrected chi connectivity index (χ1v) is 5.10. The topological polar surface area (TPSA) is 9.23 Å². The highest BCUT2D eigenvalue weighted by Gasteiger charge is 2.56. The predicted octanol–water partition coefficient (Wildman–Crippen LogP) is 2.70. The molecular weight excluding hydrogens is 148 g/mol. The zero-order valence-corrected chi connectivity index (χ0v) is 8.63. The highest BCUT2D eigenvalue weighted by atomic mass is 16.5. The zero-order valence-electron chi connectivity index (χ0n) is 8.63. The van der Waals surface area contributed by atoms with Gasteiger partial charge in [0.2, 0.25) is 0 Å². The van der Waals surface area contributed by atoms with Gasteiger partial charge in [-0.3, -0.25) is 0 Å². The smallest absolute Gasteiger partial charge is 0.0602 e. The average molecular weight is 168 g/mol. The van der Waals surface area contributed by atoms with Crippen molar-refractivity contribution in [3.63, 3.8) is 0 Å². The molecule has 70 valence electrons. The molecule has 0 spiro atoms. The van der Waals surface area contributed by atoms with Crippen LogP contribution >= 0.6 is 0 Å². The molecule has 0 radical (unpaired) electrons. The lowest BCUT2D eigenvalue weighted by Crippen LogP contribution is -2.57. The van der Waals surface area contributed by atoms with Gasteiger partial charge in [0.25, 0.3) is 0 Å². The fourth-order valence-electron chi connectivity index (χ4n) is 3.41. The summed E-state index contributed by atoms with van der Waals surface area (Å²) in [6, 6.07) is 0.